The molecule has 24 heavy (non-hydrogen) atoms. The van der Waals surface area contributed by atoms with E-state index in [1.807, 2.05) is 61.5 Å². The molecule has 0 saturated carbocycles. The van der Waals surface area contributed by atoms with Gasteiger partial charge in [0.2, 0.25) is 5.91 Å². The number of hydrogen-bond donors (Lipinski definition) is 0. The molecule has 4 nitrogen and oxygen atoms in total. The largest absolute Gasteiger partial charge is 0.497 e. The summed E-state index contributed by atoms with van der Waals surface area (Å²) in [7, 11) is 5.69. The normalized spacial score (nSPS) is 10.7. The van der Waals surface area contributed by atoms with E-state index in [4.69, 9.17) is 4.74 Å². The lowest BCUT2D eigenvalue weighted by atomic mass is 10.1. The molecular formula is C20H26N2O2. The van der Waals surface area contributed by atoms with E-state index in [9.17, 15) is 4.79 Å². The number of hydrogen-bond acceptors (Lipinski definition) is 3. The SMILES string of the molecule is COc1ccc(CC(=O)N(CCN(C)C)Cc2ccccc2)cc1. The summed E-state index contributed by atoms with van der Waals surface area (Å²) < 4.78 is 5.16. The van der Waals surface area contributed by atoms with Crippen molar-refractivity contribution in [3.8, 4) is 5.75 Å². The summed E-state index contributed by atoms with van der Waals surface area (Å²) in [6.45, 7) is 2.21. The maximum absolute atomic E-state index is 12.8. The number of benzene rings is 2. The number of carbonyl (C=O) groups excluding carboxylic acids is 1. The molecule has 0 fully saturated rings. The maximum atomic E-state index is 12.8. The smallest absolute Gasteiger partial charge is 0.227 e. The molecule has 0 aliphatic rings. The van der Waals surface area contributed by atoms with Crippen LogP contribution in [-0.2, 0) is 17.8 Å². The van der Waals surface area contributed by atoms with Gasteiger partial charge in [0.05, 0.1) is 13.5 Å². The van der Waals surface area contributed by atoms with E-state index in [-0.39, 0.29) is 5.91 Å². The summed E-state index contributed by atoms with van der Waals surface area (Å²) in [4.78, 5) is 16.8. The van der Waals surface area contributed by atoms with Gasteiger partial charge in [0.1, 0.15) is 5.75 Å². The lowest BCUT2D eigenvalue weighted by Gasteiger charge is -2.25. The third kappa shape index (κ3) is 5.70. The molecule has 128 valence electrons. The first-order valence-corrected chi connectivity index (χ1v) is 8.18. The molecule has 0 radical (unpaired) electrons. The van der Waals surface area contributed by atoms with Crippen LogP contribution in [0.4, 0.5) is 0 Å². The zero-order valence-electron chi connectivity index (χ0n) is 14.7. The summed E-state index contributed by atoms with van der Waals surface area (Å²) in [5.41, 5.74) is 2.16. The molecule has 2 aromatic rings. The van der Waals surface area contributed by atoms with Crippen molar-refractivity contribution in [2.45, 2.75) is 13.0 Å². The van der Waals surface area contributed by atoms with Crippen LogP contribution in [0.1, 0.15) is 11.1 Å². The van der Waals surface area contributed by atoms with Crippen molar-refractivity contribution in [1.82, 2.24) is 9.80 Å². The number of likely N-dealkylation sites (N-methyl/N-ethyl adjacent to an activating group) is 1. The van der Waals surface area contributed by atoms with Crippen LogP contribution in [-0.4, -0.2) is 50.0 Å². The molecule has 4 heteroatoms. The van der Waals surface area contributed by atoms with Crippen LogP contribution in [0, 0.1) is 0 Å². The fourth-order valence-electron chi connectivity index (χ4n) is 2.45. The summed E-state index contributed by atoms with van der Waals surface area (Å²) in [5.74, 6) is 0.950. The summed E-state index contributed by atoms with van der Waals surface area (Å²) >= 11 is 0. The molecule has 0 unspecified atom stereocenters. The van der Waals surface area contributed by atoms with Crippen LogP contribution in [0.5, 0.6) is 5.75 Å². The minimum absolute atomic E-state index is 0.144. The summed E-state index contributed by atoms with van der Waals surface area (Å²) in [5, 5.41) is 0. The van der Waals surface area contributed by atoms with Crippen molar-refractivity contribution >= 4 is 5.91 Å². The highest BCUT2D eigenvalue weighted by atomic mass is 16.5. The quantitative estimate of drug-likeness (QED) is 0.748. The average Bonchev–Trinajstić information content (AvgIpc) is 2.60. The zero-order valence-corrected chi connectivity index (χ0v) is 14.7. The Morgan fingerprint density at radius 2 is 1.58 bits per heavy atom. The van der Waals surface area contributed by atoms with Gasteiger partial charge in [-0.3, -0.25) is 4.79 Å². The second kappa shape index (κ2) is 9.08. The Hall–Kier alpha value is -2.33. The average molecular weight is 326 g/mol. The summed E-state index contributed by atoms with van der Waals surface area (Å²) in [6, 6.07) is 17.8. The van der Waals surface area contributed by atoms with E-state index in [2.05, 4.69) is 17.0 Å². The standard InChI is InChI=1S/C20H26N2O2/c1-21(2)13-14-22(16-18-7-5-4-6-8-18)20(23)15-17-9-11-19(24-3)12-10-17/h4-12H,13-16H2,1-3H3. The van der Waals surface area contributed by atoms with Gasteiger partial charge in [0.25, 0.3) is 0 Å². The molecule has 2 rings (SSSR count). The van der Waals surface area contributed by atoms with Crippen LogP contribution in [0.15, 0.2) is 54.6 Å². The van der Waals surface area contributed by atoms with Gasteiger partial charge in [0.15, 0.2) is 0 Å². The van der Waals surface area contributed by atoms with Crippen molar-refractivity contribution in [2.24, 2.45) is 0 Å². The highest BCUT2D eigenvalue weighted by Crippen LogP contribution is 2.13. The van der Waals surface area contributed by atoms with E-state index in [0.717, 1.165) is 30.0 Å². The second-order valence-electron chi connectivity index (χ2n) is 6.13. The highest BCUT2D eigenvalue weighted by molar-refractivity contribution is 5.78. The second-order valence-corrected chi connectivity index (χ2v) is 6.13. The number of ether oxygens (including phenoxy) is 1. The number of nitrogens with zero attached hydrogens (tertiary/aromatic N) is 2. The molecular weight excluding hydrogens is 300 g/mol. The van der Waals surface area contributed by atoms with Gasteiger partial charge >= 0.3 is 0 Å². The monoisotopic (exact) mass is 326 g/mol. The molecule has 0 aromatic heterocycles. The van der Waals surface area contributed by atoms with E-state index in [1.54, 1.807) is 7.11 Å². The minimum atomic E-state index is 0.144. The highest BCUT2D eigenvalue weighted by Gasteiger charge is 2.15. The van der Waals surface area contributed by atoms with Gasteiger partial charge in [-0.25, -0.2) is 0 Å². The van der Waals surface area contributed by atoms with Crippen molar-refractivity contribution < 1.29 is 9.53 Å². The predicted molar refractivity (Wildman–Crippen MR) is 97.1 cm³/mol. The Bertz CT molecular complexity index is 624. The number of amides is 1. The molecule has 0 heterocycles. The van der Waals surface area contributed by atoms with Crippen LogP contribution in [0.2, 0.25) is 0 Å². The third-order valence-corrected chi connectivity index (χ3v) is 3.90. The molecule has 0 bridgehead atoms. The Kier molecular flexibility index (Phi) is 6.82. The Balaban J connectivity index is 2.04. The Morgan fingerprint density at radius 3 is 2.17 bits per heavy atom. The number of carbonyl (C=O) groups is 1. The third-order valence-electron chi connectivity index (χ3n) is 3.90. The molecule has 0 aliphatic carbocycles. The van der Waals surface area contributed by atoms with Gasteiger partial charge in [-0.2, -0.15) is 0 Å². The number of rotatable bonds is 8. The Morgan fingerprint density at radius 1 is 0.917 bits per heavy atom. The van der Waals surface area contributed by atoms with Crippen LogP contribution in [0.25, 0.3) is 0 Å². The van der Waals surface area contributed by atoms with Crippen LogP contribution >= 0.6 is 0 Å². The first-order chi connectivity index (χ1) is 11.6. The minimum Gasteiger partial charge on any atom is -0.497 e. The lowest BCUT2D eigenvalue weighted by molar-refractivity contribution is -0.131. The van der Waals surface area contributed by atoms with Gasteiger partial charge < -0.3 is 14.5 Å². The first-order valence-electron chi connectivity index (χ1n) is 8.18. The van der Waals surface area contributed by atoms with Crippen LogP contribution < -0.4 is 4.74 Å². The predicted octanol–water partition coefficient (Wildman–Crippen LogP) is 2.83. The molecule has 0 atom stereocenters. The van der Waals surface area contributed by atoms with E-state index >= 15 is 0 Å². The summed E-state index contributed by atoms with van der Waals surface area (Å²) in [6.07, 6.45) is 0.407. The zero-order chi connectivity index (χ0) is 17.4. The van der Waals surface area contributed by atoms with Crippen molar-refractivity contribution in [3.05, 3.63) is 65.7 Å². The molecule has 2 aromatic carbocycles. The molecule has 0 N–H and O–H groups in total. The lowest BCUT2D eigenvalue weighted by Crippen LogP contribution is -2.37. The topological polar surface area (TPSA) is 32.8 Å². The van der Waals surface area contributed by atoms with Crippen molar-refractivity contribution in [2.75, 3.05) is 34.3 Å². The van der Waals surface area contributed by atoms with Crippen molar-refractivity contribution in [3.63, 3.8) is 0 Å². The van der Waals surface area contributed by atoms with E-state index < -0.39 is 0 Å². The first kappa shape index (κ1) is 18.0. The molecule has 0 aliphatic heterocycles. The van der Waals surface area contributed by atoms with E-state index in [0.29, 0.717) is 13.0 Å². The Labute approximate surface area is 144 Å². The molecule has 1 amide bonds. The van der Waals surface area contributed by atoms with Crippen molar-refractivity contribution in [1.29, 1.82) is 0 Å². The molecule has 0 spiro atoms. The fraction of sp³-hybridized carbons (Fsp3) is 0.350. The van der Waals surface area contributed by atoms with Crippen LogP contribution in [0.3, 0.4) is 0 Å². The molecule has 0 saturated heterocycles. The fourth-order valence-corrected chi connectivity index (χ4v) is 2.45. The number of methoxy groups -OCH3 is 1. The van der Waals surface area contributed by atoms with Gasteiger partial charge in [-0.15, -0.1) is 0 Å². The van der Waals surface area contributed by atoms with E-state index in [1.165, 1.54) is 0 Å². The van der Waals surface area contributed by atoms with Gasteiger partial charge in [-0.1, -0.05) is 42.5 Å². The van der Waals surface area contributed by atoms with Gasteiger partial charge in [0, 0.05) is 19.6 Å². The maximum Gasteiger partial charge on any atom is 0.227 e. The van der Waals surface area contributed by atoms with Gasteiger partial charge in [-0.05, 0) is 37.4 Å².